The summed E-state index contributed by atoms with van der Waals surface area (Å²) in [6.45, 7) is 0. The van der Waals surface area contributed by atoms with Crippen LogP contribution in [0.2, 0.25) is 0 Å². The van der Waals surface area contributed by atoms with E-state index < -0.39 is 6.23 Å². The number of hydrogen-bond donors (Lipinski definition) is 4. The molecule has 1 fully saturated rings. The molecule has 1 unspecified atom stereocenters. The van der Waals surface area contributed by atoms with Crippen LogP contribution in [0.15, 0.2) is 42.5 Å². The van der Waals surface area contributed by atoms with Crippen LogP contribution in [-0.2, 0) is 0 Å². The van der Waals surface area contributed by atoms with Gasteiger partial charge in [-0.15, -0.1) is 0 Å². The first-order valence-corrected chi connectivity index (χ1v) is 8.85. The van der Waals surface area contributed by atoms with E-state index in [0.717, 1.165) is 24.2 Å². The van der Waals surface area contributed by atoms with E-state index in [1.165, 1.54) is 7.11 Å². The number of nitrogens with two attached hydrogens (primary N) is 1. The van der Waals surface area contributed by atoms with E-state index in [1.807, 2.05) is 30.3 Å². The van der Waals surface area contributed by atoms with Crippen molar-refractivity contribution in [2.45, 2.75) is 25.1 Å². The predicted octanol–water partition coefficient (Wildman–Crippen LogP) is 3.11. The van der Waals surface area contributed by atoms with Gasteiger partial charge in [0.05, 0.1) is 25.5 Å². The van der Waals surface area contributed by atoms with Gasteiger partial charge in [-0.2, -0.15) is 0 Å². The van der Waals surface area contributed by atoms with E-state index in [-0.39, 0.29) is 5.71 Å². The topological polar surface area (TPSA) is 101 Å². The first-order valence-electron chi connectivity index (χ1n) is 8.85. The second-order valence-electron chi connectivity index (χ2n) is 6.52. The molecule has 0 radical (unpaired) electrons. The molecular formula is C21H25N3O3. The predicted molar refractivity (Wildman–Crippen MR) is 107 cm³/mol. The molecule has 1 atom stereocenters. The molecule has 5 N–H and O–H groups in total. The van der Waals surface area contributed by atoms with Crippen molar-refractivity contribution >= 4 is 17.5 Å². The third kappa shape index (κ3) is 4.48. The molecule has 3 rings (SSSR count). The molecule has 0 spiro atoms. The molecule has 6 nitrogen and oxygen atoms in total. The maximum absolute atomic E-state index is 10.5. The lowest BCUT2D eigenvalue weighted by Crippen LogP contribution is -2.24. The number of hydrogen-bond acceptors (Lipinski definition) is 6. The van der Waals surface area contributed by atoms with Gasteiger partial charge in [-0.3, -0.25) is 5.32 Å². The number of anilines is 1. The van der Waals surface area contributed by atoms with Gasteiger partial charge in [0.15, 0.2) is 0 Å². The average molecular weight is 367 g/mol. The lowest BCUT2D eigenvalue weighted by molar-refractivity contribution is 0.133. The zero-order valence-corrected chi connectivity index (χ0v) is 15.5. The van der Waals surface area contributed by atoms with Crippen molar-refractivity contribution < 1.29 is 14.6 Å². The van der Waals surface area contributed by atoms with E-state index in [4.69, 9.17) is 20.6 Å². The Morgan fingerprint density at radius 3 is 2.48 bits per heavy atom. The van der Waals surface area contributed by atoms with Crippen molar-refractivity contribution in [3.05, 3.63) is 59.2 Å². The molecule has 0 aliphatic heterocycles. The SMILES string of the molecule is COc1ccc(/C=C/C(=N)c2c(N)ccc(C(O)NC3CC3)c2OC)cc1. The number of aliphatic hydroxyl groups excluding tert-OH is 1. The highest BCUT2D eigenvalue weighted by Gasteiger charge is 2.27. The summed E-state index contributed by atoms with van der Waals surface area (Å²) in [5.74, 6) is 1.19. The largest absolute Gasteiger partial charge is 0.497 e. The summed E-state index contributed by atoms with van der Waals surface area (Å²) in [4.78, 5) is 0. The third-order valence-electron chi connectivity index (χ3n) is 4.52. The van der Waals surface area contributed by atoms with Crippen molar-refractivity contribution in [1.82, 2.24) is 5.32 Å². The second kappa shape index (κ2) is 8.24. The van der Waals surface area contributed by atoms with Crippen LogP contribution in [-0.4, -0.2) is 31.1 Å². The molecule has 27 heavy (non-hydrogen) atoms. The number of methoxy groups -OCH3 is 2. The minimum atomic E-state index is -0.856. The fourth-order valence-corrected chi connectivity index (χ4v) is 2.87. The minimum Gasteiger partial charge on any atom is -0.497 e. The van der Waals surface area contributed by atoms with Crippen molar-refractivity contribution in [3.63, 3.8) is 0 Å². The maximum atomic E-state index is 10.5. The van der Waals surface area contributed by atoms with Crippen LogP contribution in [0.4, 0.5) is 5.69 Å². The summed E-state index contributed by atoms with van der Waals surface area (Å²) in [5.41, 5.74) is 8.74. The Bertz CT molecular complexity index is 842. The normalized spacial score (nSPS) is 14.9. The fourth-order valence-electron chi connectivity index (χ4n) is 2.87. The molecule has 1 aliphatic rings. The summed E-state index contributed by atoms with van der Waals surface area (Å²) < 4.78 is 10.7. The third-order valence-corrected chi connectivity index (χ3v) is 4.52. The molecule has 2 aromatic rings. The van der Waals surface area contributed by atoms with E-state index in [9.17, 15) is 5.11 Å². The number of rotatable bonds is 8. The zero-order chi connectivity index (χ0) is 19.4. The number of nitrogen functional groups attached to an aromatic ring is 1. The van der Waals surface area contributed by atoms with Crippen molar-refractivity contribution in [1.29, 1.82) is 5.41 Å². The fraction of sp³-hybridized carbons (Fsp3) is 0.286. The Labute approximate surface area is 159 Å². The van der Waals surface area contributed by atoms with E-state index in [0.29, 0.717) is 28.6 Å². The highest BCUT2D eigenvalue weighted by Crippen LogP contribution is 2.34. The number of aliphatic hydroxyl groups is 1. The molecule has 1 saturated carbocycles. The quantitative estimate of drug-likeness (QED) is 0.326. The maximum Gasteiger partial charge on any atom is 0.137 e. The van der Waals surface area contributed by atoms with E-state index in [1.54, 1.807) is 25.3 Å². The second-order valence-corrected chi connectivity index (χ2v) is 6.52. The van der Waals surface area contributed by atoms with Crippen LogP contribution < -0.4 is 20.5 Å². The van der Waals surface area contributed by atoms with Crippen LogP contribution in [0.5, 0.6) is 11.5 Å². The van der Waals surface area contributed by atoms with Crippen LogP contribution in [0.1, 0.15) is 35.8 Å². The molecule has 0 saturated heterocycles. The lowest BCUT2D eigenvalue weighted by atomic mass is 10.00. The Kier molecular flexibility index (Phi) is 5.78. The molecule has 142 valence electrons. The van der Waals surface area contributed by atoms with Gasteiger partial charge in [0.1, 0.15) is 17.7 Å². The summed E-state index contributed by atoms with van der Waals surface area (Å²) in [5, 5.41) is 22.1. The average Bonchev–Trinajstić information content (AvgIpc) is 3.49. The smallest absolute Gasteiger partial charge is 0.137 e. The Morgan fingerprint density at radius 2 is 1.89 bits per heavy atom. The zero-order valence-electron chi connectivity index (χ0n) is 15.5. The van der Waals surface area contributed by atoms with Crippen molar-refractivity contribution in [2.24, 2.45) is 0 Å². The van der Waals surface area contributed by atoms with Gasteiger partial charge in [0.25, 0.3) is 0 Å². The highest BCUT2D eigenvalue weighted by molar-refractivity contribution is 6.14. The van der Waals surface area contributed by atoms with Gasteiger partial charge in [-0.1, -0.05) is 18.2 Å². The van der Waals surface area contributed by atoms with Crippen LogP contribution in [0, 0.1) is 5.41 Å². The molecule has 0 aromatic heterocycles. The highest BCUT2D eigenvalue weighted by atomic mass is 16.5. The number of ether oxygens (including phenoxy) is 2. The van der Waals surface area contributed by atoms with Crippen LogP contribution in [0.3, 0.4) is 0 Å². The van der Waals surface area contributed by atoms with E-state index in [2.05, 4.69) is 5.32 Å². The number of allylic oxidation sites excluding steroid dienone is 1. The molecule has 0 bridgehead atoms. The lowest BCUT2D eigenvalue weighted by Gasteiger charge is -2.19. The molecule has 0 heterocycles. The van der Waals surface area contributed by atoms with Crippen molar-refractivity contribution in [2.75, 3.05) is 20.0 Å². The van der Waals surface area contributed by atoms with Gasteiger partial charge in [0, 0.05) is 17.3 Å². The Hall–Kier alpha value is -2.83. The molecule has 0 amide bonds. The first kappa shape index (κ1) is 18.9. The van der Waals surface area contributed by atoms with Gasteiger partial charge in [-0.25, -0.2) is 0 Å². The molecule has 2 aromatic carbocycles. The standard InChI is InChI=1S/C21H25N3O3/c1-26-15-8-3-13(4-9-15)5-11-17(22)19-18(23)12-10-16(20(19)27-2)21(25)24-14-6-7-14/h3-5,8-12,14,21-22,24-25H,6-7,23H2,1-2H3/b11-5+,22-17?. The first-order chi connectivity index (χ1) is 13.0. The molecular weight excluding hydrogens is 342 g/mol. The molecule has 1 aliphatic carbocycles. The van der Waals surface area contributed by atoms with Gasteiger partial charge in [-0.05, 0) is 48.7 Å². The van der Waals surface area contributed by atoms with Gasteiger partial charge >= 0.3 is 0 Å². The summed E-state index contributed by atoms with van der Waals surface area (Å²) in [6, 6.07) is 11.3. The Morgan fingerprint density at radius 1 is 1.19 bits per heavy atom. The summed E-state index contributed by atoms with van der Waals surface area (Å²) >= 11 is 0. The van der Waals surface area contributed by atoms with Crippen molar-refractivity contribution in [3.8, 4) is 11.5 Å². The van der Waals surface area contributed by atoms with Gasteiger partial charge in [0.2, 0.25) is 0 Å². The number of nitrogens with one attached hydrogen (secondary N) is 2. The van der Waals surface area contributed by atoms with Crippen LogP contribution in [0.25, 0.3) is 6.08 Å². The summed E-state index contributed by atoms with van der Waals surface area (Å²) in [7, 11) is 3.14. The molecule has 6 heteroatoms. The Balaban J connectivity index is 1.86. The number of benzene rings is 2. The minimum absolute atomic E-state index is 0.209. The van der Waals surface area contributed by atoms with Crippen LogP contribution >= 0.6 is 0 Å². The monoisotopic (exact) mass is 367 g/mol. The van der Waals surface area contributed by atoms with Gasteiger partial charge < -0.3 is 25.7 Å². The summed E-state index contributed by atoms with van der Waals surface area (Å²) in [6.07, 6.45) is 4.75. The van der Waals surface area contributed by atoms with E-state index >= 15 is 0 Å².